The number of phenols is 1. The summed E-state index contributed by atoms with van der Waals surface area (Å²) in [5.74, 6) is -0.461. The summed E-state index contributed by atoms with van der Waals surface area (Å²) in [4.78, 5) is 13.6. The first-order valence-electron chi connectivity index (χ1n) is 5.14. The molecule has 0 spiro atoms. The van der Waals surface area contributed by atoms with Gasteiger partial charge < -0.3 is 10.0 Å². The molecule has 2 rings (SSSR count). The molecule has 1 heterocycles. The highest BCUT2D eigenvalue weighted by molar-refractivity contribution is 6.06. The number of hydrogen-bond acceptors (Lipinski definition) is 6. The number of tetrazole rings is 1. The second-order valence-electron chi connectivity index (χ2n) is 3.77. The van der Waals surface area contributed by atoms with Gasteiger partial charge >= 0.3 is 0 Å². The Morgan fingerprint density at radius 2 is 2.22 bits per heavy atom. The minimum atomic E-state index is -0.491. The standard InChI is InChI=1S/C10H12N6O2/c1-16(2)7-5-3-4-6(8(7)17)9(18)11-10-12-14-15-13-10/h3-5,17H,1-2H3,(H2,11,12,13,14,15,18). The monoisotopic (exact) mass is 248 g/mol. The number of aromatic hydroxyl groups is 1. The van der Waals surface area contributed by atoms with E-state index in [4.69, 9.17) is 0 Å². The Balaban J connectivity index is 2.28. The van der Waals surface area contributed by atoms with Crippen LogP contribution in [0.5, 0.6) is 5.75 Å². The van der Waals surface area contributed by atoms with Gasteiger partial charge in [0.1, 0.15) is 0 Å². The minimum absolute atomic E-state index is 0.0903. The number of hydrogen-bond donors (Lipinski definition) is 3. The van der Waals surface area contributed by atoms with E-state index < -0.39 is 5.91 Å². The average molecular weight is 248 g/mol. The van der Waals surface area contributed by atoms with Crippen LogP contribution in [0.3, 0.4) is 0 Å². The number of anilines is 2. The summed E-state index contributed by atoms with van der Waals surface area (Å²) in [5, 5.41) is 25.0. The lowest BCUT2D eigenvalue weighted by Gasteiger charge is -2.15. The Morgan fingerprint density at radius 3 is 2.83 bits per heavy atom. The van der Waals surface area contributed by atoms with E-state index in [0.29, 0.717) is 5.69 Å². The SMILES string of the molecule is CN(C)c1cccc(C(=O)Nc2nnn[nH]2)c1O. The van der Waals surface area contributed by atoms with Crippen LogP contribution in [0.25, 0.3) is 0 Å². The molecule has 0 aliphatic rings. The van der Waals surface area contributed by atoms with Gasteiger partial charge in [-0.1, -0.05) is 11.2 Å². The molecule has 0 unspecified atom stereocenters. The number of carbonyl (C=O) groups excluding carboxylic acids is 1. The summed E-state index contributed by atoms with van der Waals surface area (Å²) in [7, 11) is 3.55. The molecular weight excluding hydrogens is 236 g/mol. The molecule has 94 valence electrons. The number of aromatic nitrogens is 4. The van der Waals surface area contributed by atoms with Crippen LogP contribution in [0.4, 0.5) is 11.6 Å². The fourth-order valence-electron chi connectivity index (χ4n) is 1.46. The smallest absolute Gasteiger partial charge is 0.261 e. The largest absolute Gasteiger partial charge is 0.505 e. The highest BCUT2D eigenvalue weighted by Crippen LogP contribution is 2.29. The Labute approximate surface area is 103 Å². The van der Waals surface area contributed by atoms with Gasteiger partial charge in [-0.15, -0.1) is 0 Å². The van der Waals surface area contributed by atoms with Gasteiger partial charge in [0.25, 0.3) is 5.91 Å². The van der Waals surface area contributed by atoms with Crippen LogP contribution in [0.1, 0.15) is 10.4 Å². The van der Waals surface area contributed by atoms with Crippen LogP contribution in [0.2, 0.25) is 0 Å². The van der Waals surface area contributed by atoms with Crippen molar-refractivity contribution in [1.82, 2.24) is 20.6 Å². The van der Waals surface area contributed by atoms with Gasteiger partial charge in [0.15, 0.2) is 5.75 Å². The first kappa shape index (κ1) is 11.8. The van der Waals surface area contributed by atoms with Crippen molar-refractivity contribution in [2.75, 3.05) is 24.3 Å². The van der Waals surface area contributed by atoms with Crippen LogP contribution in [-0.2, 0) is 0 Å². The highest BCUT2D eigenvalue weighted by Gasteiger charge is 2.16. The Hall–Kier alpha value is -2.64. The van der Waals surface area contributed by atoms with E-state index in [0.717, 1.165) is 0 Å². The summed E-state index contributed by atoms with van der Waals surface area (Å²) >= 11 is 0. The lowest BCUT2D eigenvalue weighted by atomic mass is 10.1. The molecule has 0 saturated heterocycles. The topological polar surface area (TPSA) is 107 Å². The molecule has 8 heteroatoms. The Bertz CT molecular complexity index is 552. The van der Waals surface area contributed by atoms with E-state index >= 15 is 0 Å². The van der Waals surface area contributed by atoms with E-state index in [9.17, 15) is 9.90 Å². The van der Waals surface area contributed by atoms with Crippen molar-refractivity contribution in [1.29, 1.82) is 0 Å². The van der Waals surface area contributed by atoms with Gasteiger partial charge in [0, 0.05) is 14.1 Å². The first-order chi connectivity index (χ1) is 8.59. The fourth-order valence-corrected chi connectivity index (χ4v) is 1.46. The molecular formula is C10H12N6O2. The number of para-hydroxylation sites is 1. The molecule has 0 saturated carbocycles. The van der Waals surface area contributed by atoms with Crippen molar-refractivity contribution in [3.8, 4) is 5.75 Å². The predicted molar refractivity (Wildman–Crippen MR) is 64.6 cm³/mol. The first-order valence-corrected chi connectivity index (χ1v) is 5.14. The van der Waals surface area contributed by atoms with E-state index in [1.807, 2.05) is 0 Å². The van der Waals surface area contributed by atoms with Gasteiger partial charge in [-0.05, 0) is 22.6 Å². The molecule has 0 bridgehead atoms. The van der Waals surface area contributed by atoms with Crippen LogP contribution in [-0.4, -0.2) is 45.7 Å². The van der Waals surface area contributed by atoms with Crippen molar-refractivity contribution in [3.05, 3.63) is 23.8 Å². The molecule has 8 nitrogen and oxygen atoms in total. The molecule has 0 atom stereocenters. The van der Waals surface area contributed by atoms with Gasteiger partial charge in [0.2, 0.25) is 5.95 Å². The molecule has 1 amide bonds. The van der Waals surface area contributed by atoms with Crippen molar-refractivity contribution < 1.29 is 9.90 Å². The summed E-state index contributed by atoms with van der Waals surface area (Å²) in [6.07, 6.45) is 0. The second-order valence-corrected chi connectivity index (χ2v) is 3.77. The molecule has 1 aromatic carbocycles. The zero-order valence-electron chi connectivity index (χ0n) is 9.88. The molecule has 1 aromatic heterocycles. The number of phenolic OH excluding ortho intramolecular Hbond substituents is 1. The number of nitrogens with one attached hydrogen (secondary N) is 2. The molecule has 0 radical (unpaired) electrons. The number of carbonyl (C=O) groups is 1. The average Bonchev–Trinajstić information content (AvgIpc) is 2.81. The van der Waals surface area contributed by atoms with Crippen molar-refractivity contribution >= 4 is 17.5 Å². The van der Waals surface area contributed by atoms with Crippen molar-refractivity contribution in [2.45, 2.75) is 0 Å². The van der Waals surface area contributed by atoms with Gasteiger partial charge in [0.05, 0.1) is 11.3 Å². The van der Waals surface area contributed by atoms with Crippen LogP contribution >= 0.6 is 0 Å². The van der Waals surface area contributed by atoms with Crippen molar-refractivity contribution in [3.63, 3.8) is 0 Å². The summed E-state index contributed by atoms with van der Waals surface area (Å²) in [5.41, 5.74) is 0.705. The zero-order valence-corrected chi connectivity index (χ0v) is 9.88. The maximum absolute atomic E-state index is 11.9. The number of benzene rings is 1. The lowest BCUT2D eigenvalue weighted by Crippen LogP contribution is -2.15. The molecule has 0 aliphatic carbocycles. The third kappa shape index (κ3) is 2.21. The number of H-pyrrole nitrogens is 1. The fraction of sp³-hybridized carbons (Fsp3) is 0.200. The zero-order chi connectivity index (χ0) is 13.1. The van der Waals surface area contributed by atoms with E-state index in [1.54, 1.807) is 31.1 Å². The van der Waals surface area contributed by atoms with Crippen LogP contribution in [0, 0.1) is 0 Å². The summed E-state index contributed by atoms with van der Waals surface area (Å²) in [6, 6.07) is 4.91. The normalized spacial score (nSPS) is 10.1. The van der Waals surface area contributed by atoms with E-state index in [-0.39, 0.29) is 17.3 Å². The van der Waals surface area contributed by atoms with Gasteiger partial charge in [-0.25, -0.2) is 5.10 Å². The number of amides is 1. The predicted octanol–water partition coefficient (Wildman–Crippen LogP) is 0.224. The highest BCUT2D eigenvalue weighted by atomic mass is 16.3. The lowest BCUT2D eigenvalue weighted by molar-refractivity contribution is 0.102. The van der Waals surface area contributed by atoms with Gasteiger partial charge in [-0.3, -0.25) is 10.1 Å². The number of nitrogens with zero attached hydrogens (tertiary/aromatic N) is 4. The van der Waals surface area contributed by atoms with E-state index in [1.165, 1.54) is 6.07 Å². The third-order valence-electron chi connectivity index (χ3n) is 2.32. The number of aromatic amines is 1. The van der Waals surface area contributed by atoms with Crippen molar-refractivity contribution in [2.24, 2.45) is 0 Å². The van der Waals surface area contributed by atoms with E-state index in [2.05, 4.69) is 25.9 Å². The molecule has 0 aliphatic heterocycles. The van der Waals surface area contributed by atoms with Crippen LogP contribution in [0.15, 0.2) is 18.2 Å². The number of rotatable bonds is 3. The molecule has 0 fully saturated rings. The Morgan fingerprint density at radius 1 is 1.44 bits per heavy atom. The van der Waals surface area contributed by atoms with Gasteiger partial charge in [-0.2, -0.15) is 0 Å². The second kappa shape index (κ2) is 4.70. The Kier molecular flexibility index (Phi) is 3.09. The summed E-state index contributed by atoms with van der Waals surface area (Å²) in [6.45, 7) is 0. The third-order valence-corrected chi connectivity index (χ3v) is 2.32. The molecule has 2 aromatic rings. The molecule has 18 heavy (non-hydrogen) atoms. The summed E-state index contributed by atoms with van der Waals surface area (Å²) < 4.78 is 0. The minimum Gasteiger partial charge on any atom is -0.505 e. The van der Waals surface area contributed by atoms with Crippen LogP contribution < -0.4 is 10.2 Å². The molecule has 3 N–H and O–H groups in total. The maximum atomic E-state index is 11.9. The maximum Gasteiger partial charge on any atom is 0.261 e. The quantitative estimate of drug-likeness (QED) is 0.717.